The molecular formula is C20H12Cl3N5O9S3. The van der Waals surface area contributed by atoms with Crippen LogP contribution in [0.3, 0.4) is 0 Å². The van der Waals surface area contributed by atoms with E-state index in [0.29, 0.717) is 17.8 Å². The fraction of sp³-hybridized carbons (Fsp3) is 0. The molecule has 0 spiro atoms. The third-order valence-corrected chi connectivity index (χ3v) is 8.52. The number of fused-ring (bicyclic) bond motifs is 1. The van der Waals surface area contributed by atoms with Crippen LogP contribution in [-0.2, 0) is 30.4 Å². The number of halogens is 3. The van der Waals surface area contributed by atoms with Gasteiger partial charge in [-0.2, -0.15) is 40.5 Å². The van der Waals surface area contributed by atoms with Gasteiger partial charge in [0.2, 0.25) is 5.28 Å². The van der Waals surface area contributed by atoms with E-state index in [1.807, 2.05) is 0 Å². The van der Waals surface area contributed by atoms with Crippen molar-refractivity contribution in [1.82, 2.24) is 9.97 Å². The van der Waals surface area contributed by atoms with Crippen molar-refractivity contribution >= 4 is 98.8 Å². The number of hydrogen-bond acceptors (Lipinski definition) is 11. The molecule has 210 valence electrons. The summed E-state index contributed by atoms with van der Waals surface area (Å²) in [5.74, 6) is 0.127. The Morgan fingerprint density at radius 3 is 1.80 bits per heavy atom. The van der Waals surface area contributed by atoms with E-state index in [1.165, 1.54) is 24.3 Å². The zero-order valence-corrected chi connectivity index (χ0v) is 23.8. The van der Waals surface area contributed by atoms with Gasteiger partial charge < -0.3 is 5.32 Å². The van der Waals surface area contributed by atoms with Gasteiger partial charge in [-0.25, -0.2) is 4.98 Å². The molecule has 0 radical (unpaired) electrons. The molecule has 14 nitrogen and oxygen atoms in total. The van der Waals surface area contributed by atoms with Crippen molar-refractivity contribution < 1.29 is 38.9 Å². The second kappa shape index (κ2) is 10.8. The summed E-state index contributed by atoms with van der Waals surface area (Å²) in [6.45, 7) is 0. The Balaban J connectivity index is 1.77. The molecule has 1 heterocycles. The second-order valence-corrected chi connectivity index (χ2v) is 13.0. The van der Waals surface area contributed by atoms with Crippen molar-refractivity contribution in [2.24, 2.45) is 10.2 Å². The minimum Gasteiger partial charge on any atom is -0.339 e. The van der Waals surface area contributed by atoms with Crippen LogP contribution in [0.15, 0.2) is 73.4 Å². The Hall–Kier alpha value is -3.00. The number of anilines is 2. The Morgan fingerprint density at radius 2 is 1.23 bits per heavy atom. The summed E-state index contributed by atoms with van der Waals surface area (Å²) in [5, 5.41) is 9.30. The molecule has 0 saturated carbocycles. The van der Waals surface area contributed by atoms with Crippen molar-refractivity contribution in [3.05, 3.63) is 64.0 Å². The van der Waals surface area contributed by atoms with E-state index in [2.05, 4.69) is 25.5 Å². The number of benzene rings is 3. The summed E-state index contributed by atoms with van der Waals surface area (Å²) in [4.78, 5) is 4.55. The Bertz CT molecular complexity index is 2040. The average molecular weight is 669 g/mol. The van der Waals surface area contributed by atoms with Crippen LogP contribution in [0.4, 0.5) is 22.9 Å². The van der Waals surface area contributed by atoms with Gasteiger partial charge in [0.1, 0.15) is 14.8 Å². The first-order chi connectivity index (χ1) is 18.4. The van der Waals surface area contributed by atoms with Crippen molar-refractivity contribution in [1.29, 1.82) is 0 Å². The number of hydrogen-bond donors (Lipinski definition) is 4. The van der Waals surface area contributed by atoms with Crippen molar-refractivity contribution in [2.45, 2.75) is 14.7 Å². The molecule has 0 amide bonds. The van der Waals surface area contributed by atoms with Gasteiger partial charge in [-0.1, -0.05) is 23.2 Å². The zero-order valence-electron chi connectivity index (χ0n) is 19.1. The first kappa shape index (κ1) is 30.0. The molecule has 0 atom stereocenters. The van der Waals surface area contributed by atoms with Gasteiger partial charge in [0.15, 0.2) is 11.0 Å². The summed E-state index contributed by atoms with van der Waals surface area (Å²) in [6.07, 6.45) is 0. The molecule has 0 saturated heterocycles. The average Bonchev–Trinajstić information content (AvgIpc) is 2.83. The van der Waals surface area contributed by atoms with Crippen LogP contribution in [0.2, 0.25) is 15.5 Å². The van der Waals surface area contributed by atoms with E-state index in [1.54, 1.807) is 0 Å². The predicted octanol–water partition coefficient (Wildman–Crippen LogP) is 5.49. The summed E-state index contributed by atoms with van der Waals surface area (Å²) in [5.41, 5.74) is 0.392. The first-order valence-electron chi connectivity index (χ1n) is 10.1. The van der Waals surface area contributed by atoms with E-state index in [-0.39, 0.29) is 32.7 Å². The number of aromatic nitrogens is 2. The maximum absolute atomic E-state index is 12.1. The van der Waals surface area contributed by atoms with E-state index < -0.39 is 55.8 Å². The lowest BCUT2D eigenvalue weighted by molar-refractivity contribution is 0.478. The lowest BCUT2D eigenvalue weighted by Crippen LogP contribution is -2.07. The van der Waals surface area contributed by atoms with Crippen LogP contribution in [-0.4, -0.2) is 48.9 Å². The fourth-order valence-corrected chi connectivity index (χ4v) is 5.89. The molecule has 20 heteroatoms. The molecule has 0 aliphatic rings. The van der Waals surface area contributed by atoms with Crippen LogP contribution in [0, 0.1) is 0 Å². The molecule has 0 aliphatic carbocycles. The Labute approximate surface area is 240 Å². The largest absolute Gasteiger partial charge is 0.339 e. The van der Waals surface area contributed by atoms with Crippen LogP contribution in [0.25, 0.3) is 10.8 Å². The molecule has 4 rings (SSSR count). The summed E-state index contributed by atoms with van der Waals surface area (Å²) in [7, 11) is -15.3. The summed E-state index contributed by atoms with van der Waals surface area (Å²) >= 11 is 17.7. The van der Waals surface area contributed by atoms with E-state index in [4.69, 9.17) is 34.8 Å². The molecule has 0 fully saturated rings. The van der Waals surface area contributed by atoms with Crippen LogP contribution in [0.1, 0.15) is 0 Å². The standard InChI is InChI=1S/C20H12Cl3N5O9S3/c21-17-18(22)25-20(23)26-19(17)24-9-1-3-10(4-2-9)27-28-11-5-13-14(15(6-11)39(32,33)34)7-12(38(29,30)31)8-16(13)40(35,36)37/h1-8H,(H,24,25,26)(H,29,30,31)(H,32,33,34)(H,35,36,37). The minimum absolute atomic E-state index is 0.0220. The van der Waals surface area contributed by atoms with Crippen LogP contribution >= 0.6 is 34.8 Å². The highest BCUT2D eigenvalue weighted by molar-refractivity contribution is 7.87. The van der Waals surface area contributed by atoms with Gasteiger partial charge >= 0.3 is 0 Å². The first-order valence-corrected chi connectivity index (χ1v) is 15.6. The number of nitrogens with one attached hydrogen (secondary N) is 1. The molecule has 1 aromatic heterocycles. The summed E-state index contributed by atoms with van der Waals surface area (Å²) < 4.78 is 100. The minimum atomic E-state index is -5.16. The van der Waals surface area contributed by atoms with Crippen molar-refractivity contribution in [3.63, 3.8) is 0 Å². The highest BCUT2D eigenvalue weighted by Crippen LogP contribution is 2.36. The molecule has 0 unspecified atom stereocenters. The van der Waals surface area contributed by atoms with Gasteiger partial charge in [-0.3, -0.25) is 13.7 Å². The third kappa shape index (κ3) is 6.65. The second-order valence-electron chi connectivity index (χ2n) is 7.70. The van der Waals surface area contributed by atoms with Gasteiger partial charge in [0, 0.05) is 16.5 Å². The lowest BCUT2D eigenvalue weighted by atomic mass is 10.1. The molecule has 3 aromatic carbocycles. The molecular weight excluding hydrogens is 657 g/mol. The Kier molecular flexibility index (Phi) is 8.07. The predicted molar refractivity (Wildman–Crippen MR) is 144 cm³/mol. The van der Waals surface area contributed by atoms with Gasteiger partial charge in [0.25, 0.3) is 30.4 Å². The fourth-order valence-electron chi connectivity index (χ4n) is 3.33. The number of nitrogens with zero attached hydrogens (tertiary/aromatic N) is 4. The normalized spacial score (nSPS) is 12.8. The van der Waals surface area contributed by atoms with Crippen molar-refractivity contribution in [2.75, 3.05) is 5.32 Å². The number of rotatable bonds is 7. The van der Waals surface area contributed by atoms with E-state index >= 15 is 0 Å². The molecule has 0 bridgehead atoms. The maximum atomic E-state index is 12.1. The highest BCUT2D eigenvalue weighted by Gasteiger charge is 2.25. The molecule has 40 heavy (non-hydrogen) atoms. The van der Waals surface area contributed by atoms with Gasteiger partial charge in [-0.15, -0.1) is 0 Å². The molecule has 0 aliphatic heterocycles. The lowest BCUT2D eigenvalue weighted by Gasteiger charge is -2.11. The topological polar surface area (TPSA) is 226 Å². The maximum Gasteiger partial charge on any atom is 0.295 e. The van der Waals surface area contributed by atoms with Gasteiger partial charge in [0.05, 0.1) is 16.3 Å². The Morgan fingerprint density at radius 1 is 0.675 bits per heavy atom. The smallest absolute Gasteiger partial charge is 0.295 e. The van der Waals surface area contributed by atoms with E-state index in [0.717, 1.165) is 12.1 Å². The summed E-state index contributed by atoms with van der Waals surface area (Å²) in [6, 6.07) is 8.79. The van der Waals surface area contributed by atoms with Crippen molar-refractivity contribution in [3.8, 4) is 0 Å². The monoisotopic (exact) mass is 667 g/mol. The quantitative estimate of drug-likeness (QED) is 0.0830. The molecule has 4 aromatic rings. The SMILES string of the molecule is O=S(=O)(O)c1cc(S(=O)(=O)O)c2cc(N=Nc3ccc(Nc4nc(Cl)nc(Cl)c4Cl)cc3)cc(S(=O)(=O)O)c2c1. The zero-order chi connectivity index (χ0) is 29.6. The van der Waals surface area contributed by atoms with Gasteiger partial charge in [-0.05, 0) is 60.1 Å². The highest BCUT2D eigenvalue weighted by atomic mass is 35.5. The third-order valence-electron chi connectivity index (χ3n) is 5.00. The van der Waals surface area contributed by atoms with Crippen LogP contribution in [0.5, 0.6) is 0 Å². The molecule has 4 N–H and O–H groups in total. The van der Waals surface area contributed by atoms with Crippen LogP contribution < -0.4 is 5.32 Å². The number of azo groups is 1. The van der Waals surface area contributed by atoms with E-state index in [9.17, 15) is 38.9 Å².